The van der Waals surface area contributed by atoms with E-state index in [-0.39, 0.29) is 11.6 Å². The molecule has 5 N–H and O–H groups in total. The summed E-state index contributed by atoms with van der Waals surface area (Å²) in [5, 5.41) is 16.8. The van der Waals surface area contributed by atoms with E-state index in [1.165, 1.54) is 30.5 Å². The second kappa shape index (κ2) is 12.8. The zero-order chi connectivity index (χ0) is 29.3. The molecule has 0 aliphatic rings. The van der Waals surface area contributed by atoms with E-state index in [1.54, 1.807) is 18.2 Å². The van der Waals surface area contributed by atoms with Crippen LogP contribution < -0.4 is 21.1 Å². The normalized spacial score (nSPS) is 11.3. The van der Waals surface area contributed by atoms with Gasteiger partial charge in [0.25, 0.3) is 0 Å². The summed E-state index contributed by atoms with van der Waals surface area (Å²) in [6, 6.07) is 12.7. The Hall–Kier alpha value is -5.26. The second-order valence-electron chi connectivity index (χ2n) is 7.40. The highest BCUT2D eigenvalue weighted by Gasteiger charge is 2.38. The van der Waals surface area contributed by atoms with E-state index < -0.39 is 59.5 Å². The summed E-state index contributed by atoms with van der Waals surface area (Å²) in [6.07, 6.45) is -4.56. The molecule has 1 atom stereocenters. The number of carbonyl (C=O) groups is 3. The number of nitrogens with two attached hydrogens (primary N) is 2. The maximum absolute atomic E-state index is 15.1. The fourth-order valence-electron chi connectivity index (χ4n) is 2.97. The first-order valence-corrected chi connectivity index (χ1v) is 10.5. The van der Waals surface area contributed by atoms with Crippen LogP contribution in [-0.4, -0.2) is 34.1 Å². The van der Waals surface area contributed by atoms with Crippen LogP contribution in [0.3, 0.4) is 0 Å². The van der Waals surface area contributed by atoms with Crippen LogP contribution in [0.15, 0.2) is 60.8 Å². The zero-order valence-electron chi connectivity index (χ0n) is 19.5. The molecule has 10 nitrogen and oxygen atoms in total. The zero-order valence-corrected chi connectivity index (χ0v) is 19.5. The molecule has 0 saturated heterocycles. The van der Waals surface area contributed by atoms with E-state index in [0.717, 1.165) is 6.07 Å². The lowest BCUT2D eigenvalue weighted by atomic mass is 10.0. The molecule has 0 radical (unpaired) electrons. The third-order valence-corrected chi connectivity index (χ3v) is 4.57. The predicted octanol–water partition coefficient (Wildman–Crippen LogP) is 3.84. The summed E-state index contributed by atoms with van der Waals surface area (Å²) in [5.41, 5.74) is 10.4. The fourth-order valence-corrected chi connectivity index (χ4v) is 2.97. The molecule has 0 aliphatic carbocycles. The van der Waals surface area contributed by atoms with Crippen molar-refractivity contribution in [2.24, 2.45) is 5.73 Å². The Bertz CT molecular complexity index is 1400. The first-order valence-electron chi connectivity index (χ1n) is 10.5. The number of anilines is 2. The minimum atomic E-state index is -5.08. The quantitative estimate of drug-likeness (QED) is 0.293. The van der Waals surface area contributed by atoms with Gasteiger partial charge in [-0.15, -0.1) is 0 Å². The first kappa shape index (κ1) is 30.0. The molecule has 3 aromatic rings. The van der Waals surface area contributed by atoms with Crippen molar-refractivity contribution in [3.05, 3.63) is 78.0 Å². The average Bonchev–Trinajstić information content (AvgIpc) is 2.84. The number of halogens is 5. The summed E-state index contributed by atoms with van der Waals surface area (Å²) in [5.74, 6) is -7.04. The number of nitriles is 1. The van der Waals surface area contributed by atoms with Crippen LogP contribution in [0.4, 0.5) is 33.5 Å². The van der Waals surface area contributed by atoms with E-state index in [0.29, 0.717) is 16.5 Å². The lowest BCUT2D eigenvalue weighted by molar-refractivity contribution is -0.192. The molecule has 204 valence electrons. The second-order valence-corrected chi connectivity index (χ2v) is 7.40. The standard InChI is InChI=1S/C22H17F2N5O3.C2HF3O2/c23-15-10-19(32-14-6-7-28-20(26)8-14)16(24)9-17(15)29(22(31)11-21(27)30)18(12-25)13-4-2-1-3-5-13;3-2(4,5)1(6)7/h1-10,18H,11H2,(H2,26,28)(H2,27,30);(H,6,7). The van der Waals surface area contributed by atoms with E-state index in [1.807, 2.05) is 6.07 Å². The van der Waals surface area contributed by atoms with Gasteiger partial charge in [0.2, 0.25) is 11.8 Å². The molecular formula is C24H18F5N5O5. The number of carboxylic acid groups (broad SMARTS) is 1. The van der Waals surface area contributed by atoms with Gasteiger partial charge in [0.05, 0.1) is 11.8 Å². The smallest absolute Gasteiger partial charge is 0.475 e. The van der Waals surface area contributed by atoms with Gasteiger partial charge >= 0.3 is 12.1 Å². The molecule has 15 heteroatoms. The van der Waals surface area contributed by atoms with E-state index in [9.17, 15) is 32.4 Å². The number of aromatic nitrogens is 1. The SMILES string of the molecule is N#CC(c1ccccc1)N(C(=O)CC(N)=O)c1cc(F)c(Oc2ccnc(N)c2)cc1F.O=C(O)C(F)(F)F. The number of pyridine rings is 1. The number of nitrogen functional groups attached to an aromatic ring is 1. The first-order chi connectivity index (χ1) is 18.2. The largest absolute Gasteiger partial charge is 0.490 e. The Balaban J connectivity index is 0.000000673. The van der Waals surface area contributed by atoms with Gasteiger partial charge in [-0.25, -0.2) is 18.6 Å². The molecule has 2 aromatic carbocycles. The minimum absolute atomic E-state index is 0.114. The summed E-state index contributed by atoms with van der Waals surface area (Å²) in [6.45, 7) is 0. The van der Waals surface area contributed by atoms with Crippen molar-refractivity contribution < 1.29 is 46.2 Å². The molecule has 1 unspecified atom stereocenters. The number of nitrogens with zero attached hydrogens (tertiary/aromatic N) is 3. The Morgan fingerprint density at radius 2 is 1.69 bits per heavy atom. The number of amides is 2. The number of hydrogen-bond donors (Lipinski definition) is 3. The molecule has 0 bridgehead atoms. The summed E-state index contributed by atoms with van der Waals surface area (Å²) in [7, 11) is 0. The van der Waals surface area contributed by atoms with Crippen molar-refractivity contribution in [3.63, 3.8) is 0 Å². The van der Waals surface area contributed by atoms with Crippen LogP contribution >= 0.6 is 0 Å². The van der Waals surface area contributed by atoms with Crippen molar-refractivity contribution in [1.82, 2.24) is 4.98 Å². The summed E-state index contributed by atoms with van der Waals surface area (Å²) < 4.78 is 67.0. The molecule has 3 rings (SSSR count). The number of ether oxygens (including phenoxy) is 1. The van der Waals surface area contributed by atoms with Gasteiger partial charge in [0, 0.05) is 24.4 Å². The van der Waals surface area contributed by atoms with E-state index in [2.05, 4.69) is 4.98 Å². The van der Waals surface area contributed by atoms with Crippen LogP contribution in [0, 0.1) is 23.0 Å². The monoisotopic (exact) mass is 551 g/mol. The van der Waals surface area contributed by atoms with Gasteiger partial charge in [-0.05, 0) is 11.6 Å². The molecule has 0 spiro atoms. The van der Waals surface area contributed by atoms with Gasteiger partial charge in [-0.3, -0.25) is 14.5 Å². The van der Waals surface area contributed by atoms with Crippen molar-refractivity contribution in [2.75, 3.05) is 10.6 Å². The van der Waals surface area contributed by atoms with Crippen molar-refractivity contribution in [2.45, 2.75) is 18.6 Å². The summed E-state index contributed by atoms with van der Waals surface area (Å²) in [4.78, 5) is 37.4. The molecule has 1 aromatic heterocycles. The molecule has 0 fully saturated rings. The minimum Gasteiger partial charge on any atom is -0.475 e. The maximum Gasteiger partial charge on any atom is 0.490 e. The van der Waals surface area contributed by atoms with Crippen molar-refractivity contribution in [3.8, 4) is 17.6 Å². The number of rotatable bonds is 7. The number of carbonyl (C=O) groups excluding carboxylic acids is 2. The number of benzene rings is 2. The van der Waals surface area contributed by atoms with Gasteiger partial charge in [-0.2, -0.15) is 18.4 Å². The van der Waals surface area contributed by atoms with E-state index in [4.69, 9.17) is 26.1 Å². The third kappa shape index (κ3) is 8.39. The van der Waals surface area contributed by atoms with Crippen LogP contribution in [-0.2, 0) is 14.4 Å². The molecule has 2 amide bonds. The van der Waals surface area contributed by atoms with Crippen molar-refractivity contribution >= 4 is 29.3 Å². The van der Waals surface area contributed by atoms with Gasteiger partial charge < -0.3 is 21.3 Å². The lowest BCUT2D eigenvalue weighted by Crippen LogP contribution is -2.37. The average molecular weight is 551 g/mol. The van der Waals surface area contributed by atoms with Crippen LogP contribution in [0.1, 0.15) is 18.0 Å². The highest BCUT2D eigenvalue weighted by Crippen LogP contribution is 2.35. The third-order valence-electron chi connectivity index (χ3n) is 4.57. The van der Waals surface area contributed by atoms with Crippen LogP contribution in [0.25, 0.3) is 0 Å². The number of aliphatic carboxylic acids is 1. The maximum atomic E-state index is 15.1. The Morgan fingerprint density at radius 1 is 1.08 bits per heavy atom. The van der Waals surface area contributed by atoms with Crippen LogP contribution in [0.2, 0.25) is 0 Å². The highest BCUT2D eigenvalue weighted by molar-refractivity contribution is 6.05. The fraction of sp³-hybridized carbons (Fsp3) is 0.125. The van der Waals surface area contributed by atoms with Crippen molar-refractivity contribution in [1.29, 1.82) is 5.26 Å². The summed E-state index contributed by atoms with van der Waals surface area (Å²) >= 11 is 0. The highest BCUT2D eigenvalue weighted by atomic mass is 19.4. The van der Waals surface area contributed by atoms with Crippen LogP contribution in [0.5, 0.6) is 11.5 Å². The molecule has 0 saturated carbocycles. The van der Waals surface area contributed by atoms with Gasteiger partial charge in [0.1, 0.15) is 24.0 Å². The number of primary amides is 1. The topological polar surface area (TPSA) is 173 Å². The molecule has 0 aliphatic heterocycles. The van der Waals surface area contributed by atoms with Gasteiger partial charge in [0.15, 0.2) is 17.4 Å². The molecule has 1 heterocycles. The predicted molar refractivity (Wildman–Crippen MR) is 125 cm³/mol. The van der Waals surface area contributed by atoms with E-state index >= 15 is 4.39 Å². The number of hydrogen-bond acceptors (Lipinski definition) is 7. The Morgan fingerprint density at radius 3 is 2.21 bits per heavy atom. The lowest BCUT2D eigenvalue weighted by Gasteiger charge is -2.28. The van der Waals surface area contributed by atoms with Gasteiger partial charge in [-0.1, -0.05) is 30.3 Å². The molecular weight excluding hydrogens is 533 g/mol. The molecule has 39 heavy (non-hydrogen) atoms. The number of carboxylic acids is 1. The Labute approximate surface area is 216 Å². The Kier molecular flexibility index (Phi) is 9.84. The number of alkyl halides is 3.